The number of aryl methyl sites for hydroxylation is 1. The molecule has 0 fully saturated rings. The van der Waals surface area contributed by atoms with E-state index in [-0.39, 0.29) is 17.9 Å². The van der Waals surface area contributed by atoms with Crippen LogP contribution in [0.5, 0.6) is 0 Å². The summed E-state index contributed by atoms with van der Waals surface area (Å²) < 4.78 is 4.81. The highest BCUT2D eigenvalue weighted by atomic mass is 16.5. The molecule has 1 aromatic carbocycles. The van der Waals surface area contributed by atoms with Crippen LogP contribution in [0.4, 0.5) is 4.79 Å². The molecule has 1 aromatic rings. The summed E-state index contributed by atoms with van der Waals surface area (Å²) in [5, 5.41) is 5.52. The van der Waals surface area contributed by atoms with Crippen LogP contribution in [0.15, 0.2) is 36.6 Å². The summed E-state index contributed by atoms with van der Waals surface area (Å²) in [5.74, 6) is -0.288. The van der Waals surface area contributed by atoms with Crippen molar-refractivity contribution in [1.29, 1.82) is 0 Å². The molecule has 0 spiro atoms. The van der Waals surface area contributed by atoms with E-state index in [1.54, 1.807) is 13.0 Å². The normalized spacial score (nSPS) is 13.7. The molecule has 0 saturated heterocycles. The first-order valence-corrected chi connectivity index (χ1v) is 7.80. The molecule has 0 aliphatic rings. The van der Waals surface area contributed by atoms with Gasteiger partial charge in [-0.25, -0.2) is 4.79 Å². The lowest BCUT2D eigenvalue weighted by Crippen LogP contribution is -2.50. The first-order valence-electron chi connectivity index (χ1n) is 7.80. The Kier molecular flexibility index (Phi) is 7.32. The Hall–Kier alpha value is -2.30. The van der Waals surface area contributed by atoms with Gasteiger partial charge < -0.3 is 15.4 Å². The standard InChI is InChI=1S/C18H26N2O3/c1-6-11-23-18(22)20-16(12(2)3)17(21)19-14(5)15-9-7-13(4)8-10-15/h6-12,14,16H,1-5H3,(H,19,21)(H,20,22)/b11-6+. The van der Waals surface area contributed by atoms with Crippen LogP contribution in [-0.2, 0) is 9.53 Å². The first kappa shape index (κ1) is 18.7. The van der Waals surface area contributed by atoms with Crippen molar-refractivity contribution in [3.63, 3.8) is 0 Å². The van der Waals surface area contributed by atoms with E-state index >= 15 is 0 Å². The van der Waals surface area contributed by atoms with E-state index in [2.05, 4.69) is 10.6 Å². The topological polar surface area (TPSA) is 67.4 Å². The van der Waals surface area contributed by atoms with E-state index in [1.807, 2.05) is 52.0 Å². The van der Waals surface area contributed by atoms with Gasteiger partial charge in [0.25, 0.3) is 0 Å². The summed E-state index contributed by atoms with van der Waals surface area (Å²) in [7, 11) is 0. The van der Waals surface area contributed by atoms with Gasteiger partial charge in [0.15, 0.2) is 0 Å². The number of carbonyl (C=O) groups is 2. The summed E-state index contributed by atoms with van der Waals surface area (Å²) in [6, 6.07) is 7.19. The van der Waals surface area contributed by atoms with Gasteiger partial charge in [0, 0.05) is 0 Å². The molecule has 0 aromatic heterocycles. The number of nitrogens with one attached hydrogen (secondary N) is 2. The van der Waals surface area contributed by atoms with E-state index in [1.165, 1.54) is 11.8 Å². The number of hydrogen-bond acceptors (Lipinski definition) is 3. The lowest BCUT2D eigenvalue weighted by Gasteiger charge is -2.23. The number of carbonyl (C=O) groups excluding carboxylic acids is 2. The molecule has 5 nitrogen and oxygen atoms in total. The largest absolute Gasteiger partial charge is 0.419 e. The highest BCUT2D eigenvalue weighted by molar-refractivity contribution is 5.86. The number of benzene rings is 1. The molecule has 5 heteroatoms. The fourth-order valence-corrected chi connectivity index (χ4v) is 2.07. The molecule has 1 rings (SSSR count). The summed E-state index contributed by atoms with van der Waals surface area (Å²) in [4.78, 5) is 24.1. The fourth-order valence-electron chi connectivity index (χ4n) is 2.07. The Balaban J connectivity index is 2.70. The van der Waals surface area contributed by atoms with Crippen molar-refractivity contribution in [3.05, 3.63) is 47.7 Å². The minimum Gasteiger partial charge on any atom is -0.419 e. The average molecular weight is 318 g/mol. The van der Waals surface area contributed by atoms with E-state index < -0.39 is 12.1 Å². The predicted molar refractivity (Wildman–Crippen MR) is 90.8 cm³/mol. The van der Waals surface area contributed by atoms with Crippen molar-refractivity contribution in [2.75, 3.05) is 0 Å². The maximum absolute atomic E-state index is 12.4. The third-order valence-electron chi connectivity index (χ3n) is 3.47. The molecule has 2 unspecified atom stereocenters. The molecular formula is C18H26N2O3. The monoisotopic (exact) mass is 318 g/mol. The van der Waals surface area contributed by atoms with Crippen LogP contribution in [0.25, 0.3) is 0 Å². The van der Waals surface area contributed by atoms with Gasteiger partial charge >= 0.3 is 6.09 Å². The molecule has 0 bridgehead atoms. The quantitative estimate of drug-likeness (QED) is 0.789. The average Bonchev–Trinajstić information content (AvgIpc) is 2.50. The van der Waals surface area contributed by atoms with Crippen molar-refractivity contribution < 1.29 is 14.3 Å². The molecule has 2 amide bonds. The zero-order valence-corrected chi connectivity index (χ0v) is 14.4. The van der Waals surface area contributed by atoms with Crippen LogP contribution < -0.4 is 10.6 Å². The molecule has 126 valence electrons. The fraction of sp³-hybridized carbons (Fsp3) is 0.444. The Bertz CT molecular complexity index is 550. The second-order valence-electron chi connectivity index (χ2n) is 5.88. The number of rotatable bonds is 6. The van der Waals surface area contributed by atoms with Crippen molar-refractivity contribution in [1.82, 2.24) is 10.6 Å². The maximum Gasteiger partial charge on any atom is 0.412 e. The van der Waals surface area contributed by atoms with Crippen molar-refractivity contribution in [2.45, 2.75) is 46.7 Å². The number of ether oxygens (including phenoxy) is 1. The van der Waals surface area contributed by atoms with Crippen LogP contribution in [0.2, 0.25) is 0 Å². The molecule has 0 radical (unpaired) electrons. The zero-order valence-electron chi connectivity index (χ0n) is 14.4. The lowest BCUT2D eigenvalue weighted by atomic mass is 10.0. The van der Waals surface area contributed by atoms with Gasteiger partial charge in [-0.3, -0.25) is 4.79 Å². The van der Waals surface area contributed by atoms with E-state index in [9.17, 15) is 9.59 Å². The third-order valence-corrected chi connectivity index (χ3v) is 3.47. The molecule has 2 N–H and O–H groups in total. The maximum atomic E-state index is 12.4. The number of allylic oxidation sites excluding steroid dienone is 1. The summed E-state index contributed by atoms with van der Waals surface area (Å²) >= 11 is 0. The van der Waals surface area contributed by atoms with Crippen LogP contribution in [0.3, 0.4) is 0 Å². The summed E-state index contributed by atoms with van der Waals surface area (Å²) in [6.45, 7) is 9.41. The minimum absolute atomic E-state index is 0.0571. The Morgan fingerprint density at radius 2 is 1.70 bits per heavy atom. The van der Waals surface area contributed by atoms with Gasteiger partial charge in [-0.2, -0.15) is 0 Å². The first-order chi connectivity index (χ1) is 10.8. The van der Waals surface area contributed by atoms with Crippen molar-refractivity contribution in [3.8, 4) is 0 Å². The highest BCUT2D eigenvalue weighted by Gasteiger charge is 2.25. The van der Waals surface area contributed by atoms with Gasteiger partial charge in [-0.1, -0.05) is 49.8 Å². The summed E-state index contributed by atoms with van der Waals surface area (Å²) in [5.41, 5.74) is 2.18. The van der Waals surface area contributed by atoms with Crippen LogP contribution in [-0.4, -0.2) is 18.0 Å². The Morgan fingerprint density at radius 1 is 1.09 bits per heavy atom. The summed E-state index contributed by atoms with van der Waals surface area (Å²) in [6.07, 6.45) is 2.24. The molecular weight excluding hydrogens is 292 g/mol. The van der Waals surface area contributed by atoms with Gasteiger partial charge in [-0.15, -0.1) is 0 Å². The number of amides is 2. The number of hydrogen-bond donors (Lipinski definition) is 2. The van der Waals surface area contributed by atoms with E-state index in [0.717, 1.165) is 5.56 Å². The SMILES string of the molecule is C/C=C/OC(=O)NC(C(=O)NC(C)c1ccc(C)cc1)C(C)C. The van der Waals surface area contributed by atoms with E-state index in [4.69, 9.17) is 4.74 Å². The van der Waals surface area contributed by atoms with Gasteiger partial charge in [0.05, 0.1) is 12.3 Å². The van der Waals surface area contributed by atoms with Crippen LogP contribution >= 0.6 is 0 Å². The van der Waals surface area contributed by atoms with Gasteiger partial charge in [-0.05, 0) is 32.3 Å². The smallest absolute Gasteiger partial charge is 0.412 e. The molecule has 2 atom stereocenters. The third kappa shape index (κ3) is 6.14. The number of alkyl carbamates (subject to hydrolysis) is 1. The minimum atomic E-state index is -0.652. The van der Waals surface area contributed by atoms with Gasteiger partial charge in [0.2, 0.25) is 5.91 Å². The Morgan fingerprint density at radius 3 is 2.22 bits per heavy atom. The van der Waals surface area contributed by atoms with Gasteiger partial charge in [0.1, 0.15) is 6.04 Å². The second kappa shape index (κ2) is 8.98. The molecule has 0 aliphatic carbocycles. The Labute approximate surface area is 138 Å². The van der Waals surface area contributed by atoms with Crippen LogP contribution in [0, 0.1) is 12.8 Å². The van der Waals surface area contributed by atoms with Crippen molar-refractivity contribution >= 4 is 12.0 Å². The van der Waals surface area contributed by atoms with Crippen molar-refractivity contribution in [2.24, 2.45) is 5.92 Å². The van der Waals surface area contributed by atoms with Crippen LogP contribution in [0.1, 0.15) is 44.9 Å². The molecule has 0 aliphatic heterocycles. The highest BCUT2D eigenvalue weighted by Crippen LogP contribution is 2.14. The molecule has 23 heavy (non-hydrogen) atoms. The molecule has 0 heterocycles. The van der Waals surface area contributed by atoms with E-state index in [0.29, 0.717) is 0 Å². The predicted octanol–water partition coefficient (Wildman–Crippen LogP) is 3.46. The lowest BCUT2D eigenvalue weighted by molar-refractivity contribution is -0.124. The zero-order chi connectivity index (χ0) is 17.4. The molecule has 0 saturated carbocycles. The second-order valence-corrected chi connectivity index (χ2v) is 5.88.